The van der Waals surface area contributed by atoms with Crippen LogP contribution >= 0.6 is 0 Å². The van der Waals surface area contributed by atoms with Crippen LogP contribution in [0.15, 0.2) is 42.5 Å². The van der Waals surface area contributed by atoms with Gasteiger partial charge in [0, 0.05) is 12.1 Å². The van der Waals surface area contributed by atoms with Gasteiger partial charge in [-0.25, -0.2) is 4.39 Å². The molecule has 1 unspecified atom stereocenters. The first kappa shape index (κ1) is 17.2. The lowest BCUT2D eigenvalue weighted by Crippen LogP contribution is -2.42. The Labute approximate surface area is 145 Å². The second kappa shape index (κ2) is 7.53. The highest BCUT2D eigenvalue weighted by Gasteiger charge is 2.29. The van der Waals surface area contributed by atoms with Gasteiger partial charge in [0.1, 0.15) is 11.9 Å². The third-order valence-corrected chi connectivity index (χ3v) is 4.24. The van der Waals surface area contributed by atoms with E-state index >= 15 is 0 Å². The van der Waals surface area contributed by atoms with Crippen molar-refractivity contribution in [1.29, 1.82) is 0 Å². The molecule has 1 saturated heterocycles. The van der Waals surface area contributed by atoms with E-state index < -0.39 is 6.10 Å². The summed E-state index contributed by atoms with van der Waals surface area (Å²) < 4.78 is 30.3. The van der Waals surface area contributed by atoms with E-state index in [-0.39, 0.29) is 18.3 Å². The highest BCUT2D eigenvalue weighted by molar-refractivity contribution is 5.98. The number of amides is 1. The van der Waals surface area contributed by atoms with Gasteiger partial charge < -0.3 is 19.1 Å². The summed E-state index contributed by atoms with van der Waals surface area (Å²) in [5.74, 6) is 0.359. The Balaban J connectivity index is 1.85. The van der Waals surface area contributed by atoms with Crippen molar-refractivity contribution in [3.05, 3.63) is 59.4 Å². The molecule has 1 heterocycles. The lowest BCUT2D eigenvalue weighted by molar-refractivity contribution is -0.0244. The van der Waals surface area contributed by atoms with Crippen LogP contribution in [0.4, 0.5) is 4.39 Å². The standard InChI is InChI=1S/C19H20FNO4/c1-23-16-9-5-7-14(18(16)24-2)19(22)21-10-11-25-17(12-21)13-6-3-4-8-15(13)20/h3-9,17H,10-12H2,1-2H3. The van der Waals surface area contributed by atoms with Crippen molar-refractivity contribution < 1.29 is 23.4 Å². The zero-order chi connectivity index (χ0) is 17.8. The summed E-state index contributed by atoms with van der Waals surface area (Å²) >= 11 is 0. The maximum atomic E-state index is 14.0. The molecule has 132 valence electrons. The molecule has 5 nitrogen and oxygen atoms in total. The van der Waals surface area contributed by atoms with Crippen LogP contribution in [-0.4, -0.2) is 44.7 Å². The summed E-state index contributed by atoms with van der Waals surface area (Å²) in [6.07, 6.45) is -0.490. The maximum Gasteiger partial charge on any atom is 0.257 e. The van der Waals surface area contributed by atoms with Gasteiger partial charge in [-0.3, -0.25) is 4.79 Å². The molecule has 0 aliphatic carbocycles. The zero-order valence-electron chi connectivity index (χ0n) is 14.2. The van der Waals surface area contributed by atoms with Gasteiger partial charge in [-0.2, -0.15) is 0 Å². The Bertz CT molecular complexity index is 765. The number of ether oxygens (including phenoxy) is 3. The van der Waals surface area contributed by atoms with Gasteiger partial charge in [0.15, 0.2) is 11.5 Å². The molecular weight excluding hydrogens is 325 g/mol. The van der Waals surface area contributed by atoms with E-state index in [0.29, 0.717) is 35.8 Å². The minimum Gasteiger partial charge on any atom is -0.493 e. The van der Waals surface area contributed by atoms with Gasteiger partial charge in [0.05, 0.1) is 32.9 Å². The highest BCUT2D eigenvalue weighted by atomic mass is 19.1. The Hall–Kier alpha value is -2.60. The molecule has 6 heteroatoms. The van der Waals surface area contributed by atoms with Crippen molar-refractivity contribution in [2.45, 2.75) is 6.10 Å². The number of carbonyl (C=O) groups is 1. The lowest BCUT2D eigenvalue weighted by atomic mass is 10.1. The van der Waals surface area contributed by atoms with E-state index in [1.54, 1.807) is 41.3 Å². The number of methoxy groups -OCH3 is 2. The first-order valence-electron chi connectivity index (χ1n) is 8.02. The fraction of sp³-hybridized carbons (Fsp3) is 0.316. The van der Waals surface area contributed by atoms with Crippen LogP contribution in [0.1, 0.15) is 22.0 Å². The van der Waals surface area contributed by atoms with Crippen LogP contribution < -0.4 is 9.47 Å². The molecule has 1 atom stereocenters. The van der Waals surface area contributed by atoms with Crippen molar-refractivity contribution in [2.24, 2.45) is 0 Å². The predicted molar refractivity (Wildman–Crippen MR) is 90.5 cm³/mol. The molecule has 3 rings (SSSR count). The molecule has 0 spiro atoms. The van der Waals surface area contributed by atoms with Crippen LogP contribution in [0, 0.1) is 5.82 Å². The van der Waals surface area contributed by atoms with Crippen LogP contribution in [0.2, 0.25) is 0 Å². The van der Waals surface area contributed by atoms with E-state index in [9.17, 15) is 9.18 Å². The van der Waals surface area contributed by atoms with Crippen LogP contribution in [0.3, 0.4) is 0 Å². The van der Waals surface area contributed by atoms with Crippen LogP contribution in [-0.2, 0) is 4.74 Å². The van der Waals surface area contributed by atoms with Gasteiger partial charge in [-0.1, -0.05) is 24.3 Å². The van der Waals surface area contributed by atoms with E-state index in [1.807, 2.05) is 0 Å². The number of benzene rings is 2. The normalized spacial score (nSPS) is 17.2. The Morgan fingerprint density at radius 1 is 1.16 bits per heavy atom. The third kappa shape index (κ3) is 3.44. The average molecular weight is 345 g/mol. The SMILES string of the molecule is COc1cccc(C(=O)N2CCOC(c3ccccc3F)C2)c1OC. The van der Waals surface area contributed by atoms with Gasteiger partial charge in [0.2, 0.25) is 0 Å². The topological polar surface area (TPSA) is 48.0 Å². The third-order valence-electron chi connectivity index (χ3n) is 4.24. The van der Waals surface area contributed by atoms with Crippen molar-refractivity contribution in [3.8, 4) is 11.5 Å². The summed E-state index contributed by atoms with van der Waals surface area (Å²) in [5.41, 5.74) is 0.869. The number of morpholine rings is 1. The first-order chi connectivity index (χ1) is 12.2. The molecule has 1 fully saturated rings. The van der Waals surface area contributed by atoms with Gasteiger partial charge >= 0.3 is 0 Å². The van der Waals surface area contributed by atoms with E-state index in [0.717, 1.165) is 0 Å². The predicted octanol–water partition coefficient (Wildman–Crippen LogP) is 3.06. The summed E-state index contributed by atoms with van der Waals surface area (Å²) in [4.78, 5) is 14.6. The highest BCUT2D eigenvalue weighted by Crippen LogP contribution is 2.33. The molecule has 1 aliphatic heterocycles. The number of carbonyl (C=O) groups excluding carboxylic acids is 1. The Morgan fingerprint density at radius 2 is 1.96 bits per heavy atom. The Kier molecular flexibility index (Phi) is 5.19. The van der Waals surface area contributed by atoms with Crippen LogP contribution in [0.5, 0.6) is 11.5 Å². The summed E-state index contributed by atoms with van der Waals surface area (Å²) in [6.45, 7) is 1.06. The average Bonchev–Trinajstić information content (AvgIpc) is 2.67. The molecule has 1 amide bonds. The second-order valence-electron chi connectivity index (χ2n) is 5.67. The molecule has 0 saturated carbocycles. The van der Waals surface area contributed by atoms with Crippen molar-refractivity contribution >= 4 is 5.91 Å². The molecule has 2 aromatic rings. The number of rotatable bonds is 4. The fourth-order valence-corrected chi connectivity index (χ4v) is 2.98. The fourth-order valence-electron chi connectivity index (χ4n) is 2.98. The molecule has 0 aromatic heterocycles. The minimum atomic E-state index is -0.490. The molecule has 1 aliphatic rings. The smallest absolute Gasteiger partial charge is 0.257 e. The van der Waals surface area contributed by atoms with Crippen LogP contribution in [0.25, 0.3) is 0 Å². The number of nitrogens with zero attached hydrogens (tertiary/aromatic N) is 1. The summed E-state index contributed by atoms with van der Waals surface area (Å²) in [5, 5.41) is 0. The molecular formula is C19H20FNO4. The van der Waals surface area contributed by atoms with Crippen molar-refractivity contribution in [2.75, 3.05) is 33.9 Å². The largest absolute Gasteiger partial charge is 0.493 e. The second-order valence-corrected chi connectivity index (χ2v) is 5.67. The summed E-state index contributed by atoms with van der Waals surface area (Å²) in [6, 6.07) is 11.6. The Morgan fingerprint density at radius 3 is 2.68 bits per heavy atom. The monoisotopic (exact) mass is 345 g/mol. The van der Waals surface area contributed by atoms with Crippen molar-refractivity contribution in [1.82, 2.24) is 4.90 Å². The number of hydrogen-bond acceptors (Lipinski definition) is 4. The molecule has 0 radical (unpaired) electrons. The molecule has 25 heavy (non-hydrogen) atoms. The molecule has 0 bridgehead atoms. The minimum absolute atomic E-state index is 0.194. The van der Waals surface area contributed by atoms with Gasteiger partial charge in [-0.15, -0.1) is 0 Å². The number of hydrogen-bond donors (Lipinski definition) is 0. The van der Waals surface area contributed by atoms with Gasteiger partial charge in [-0.05, 0) is 18.2 Å². The maximum absolute atomic E-state index is 14.0. The number of para-hydroxylation sites is 1. The summed E-state index contributed by atoms with van der Waals surface area (Å²) in [7, 11) is 3.02. The zero-order valence-corrected chi connectivity index (χ0v) is 14.2. The lowest BCUT2D eigenvalue weighted by Gasteiger charge is -2.33. The van der Waals surface area contributed by atoms with Gasteiger partial charge in [0.25, 0.3) is 5.91 Å². The first-order valence-corrected chi connectivity index (χ1v) is 8.02. The molecule has 0 N–H and O–H groups in total. The molecule has 2 aromatic carbocycles. The van der Waals surface area contributed by atoms with E-state index in [2.05, 4.69) is 0 Å². The quantitative estimate of drug-likeness (QED) is 0.855. The number of halogens is 1. The van der Waals surface area contributed by atoms with E-state index in [4.69, 9.17) is 14.2 Å². The van der Waals surface area contributed by atoms with E-state index in [1.165, 1.54) is 20.3 Å². The van der Waals surface area contributed by atoms with Crippen molar-refractivity contribution in [3.63, 3.8) is 0 Å².